The maximum absolute atomic E-state index is 10.8. The molecule has 5 heteroatoms. The number of hydrogen-bond donors (Lipinski definition) is 2. The lowest BCUT2D eigenvalue weighted by molar-refractivity contribution is -0.143. The quantitative estimate of drug-likeness (QED) is 0.825. The first-order chi connectivity index (χ1) is 5.96. The summed E-state index contributed by atoms with van der Waals surface area (Å²) in [6.07, 6.45) is 0. The molecule has 0 amide bonds. The highest BCUT2D eigenvalue weighted by molar-refractivity contribution is 6.31. The molecule has 0 saturated carbocycles. The number of aliphatic carboxylic acids is 1. The summed E-state index contributed by atoms with van der Waals surface area (Å²) in [7, 11) is 0. The minimum Gasteiger partial charge on any atom is -0.480 e. The van der Waals surface area contributed by atoms with Crippen molar-refractivity contribution in [3.63, 3.8) is 0 Å². The highest BCUT2D eigenvalue weighted by Gasteiger charge is 2.31. The molecule has 1 aromatic carbocycles. The number of benzene rings is 1. The molecule has 3 N–H and O–H groups in total. The molecule has 0 spiro atoms. The first-order valence-electron chi connectivity index (χ1n) is 3.73. The Labute approximate surface area is 93.3 Å². The van der Waals surface area contributed by atoms with Gasteiger partial charge in [-0.05, 0) is 13.0 Å². The van der Waals surface area contributed by atoms with E-state index in [9.17, 15) is 4.79 Å². The van der Waals surface area contributed by atoms with E-state index in [1.54, 1.807) is 24.3 Å². The monoisotopic (exact) mass is 235 g/mol. The van der Waals surface area contributed by atoms with Gasteiger partial charge < -0.3 is 10.8 Å². The zero-order chi connectivity index (χ0) is 10.1. The number of nitrogens with two attached hydrogens (primary N) is 1. The van der Waals surface area contributed by atoms with Gasteiger partial charge in [-0.25, -0.2) is 4.79 Å². The van der Waals surface area contributed by atoms with Crippen LogP contribution in [-0.4, -0.2) is 11.1 Å². The van der Waals surface area contributed by atoms with Gasteiger partial charge in [0, 0.05) is 10.6 Å². The Morgan fingerprint density at radius 2 is 2.00 bits per heavy atom. The fourth-order valence-electron chi connectivity index (χ4n) is 0.998. The van der Waals surface area contributed by atoms with E-state index in [2.05, 4.69) is 0 Å². The van der Waals surface area contributed by atoms with Gasteiger partial charge in [-0.1, -0.05) is 29.8 Å². The molecule has 0 unspecified atom stereocenters. The summed E-state index contributed by atoms with van der Waals surface area (Å²) in [5.74, 6) is -1.10. The van der Waals surface area contributed by atoms with Gasteiger partial charge in [0.2, 0.25) is 0 Å². The summed E-state index contributed by atoms with van der Waals surface area (Å²) >= 11 is 5.81. The maximum atomic E-state index is 10.8. The Hall–Kier alpha value is -0.770. The van der Waals surface area contributed by atoms with E-state index >= 15 is 0 Å². The van der Waals surface area contributed by atoms with Crippen LogP contribution in [0.25, 0.3) is 0 Å². The number of carbonyl (C=O) groups is 1. The Kier molecular flexibility index (Phi) is 4.39. The van der Waals surface area contributed by atoms with Crippen molar-refractivity contribution < 1.29 is 9.90 Å². The van der Waals surface area contributed by atoms with E-state index < -0.39 is 11.5 Å². The van der Waals surface area contributed by atoms with Gasteiger partial charge in [-0.15, -0.1) is 12.4 Å². The maximum Gasteiger partial charge on any atom is 0.328 e. The third-order valence-electron chi connectivity index (χ3n) is 1.88. The molecule has 1 aromatic rings. The smallest absolute Gasteiger partial charge is 0.328 e. The first-order valence-corrected chi connectivity index (χ1v) is 4.11. The Morgan fingerprint density at radius 1 is 1.50 bits per heavy atom. The summed E-state index contributed by atoms with van der Waals surface area (Å²) in [5.41, 5.74) is 4.59. The van der Waals surface area contributed by atoms with Crippen molar-refractivity contribution in [2.75, 3.05) is 0 Å². The summed E-state index contributed by atoms with van der Waals surface area (Å²) in [5, 5.41) is 9.21. The van der Waals surface area contributed by atoms with E-state index in [1.807, 2.05) is 0 Å². The van der Waals surface area contributed by atoms with E-state index in [0.29, 0.717) is 10.6 Å². The van der Waals surface area contributed by atoms with E-state index in [4.69, 9.17) is 22.4 Å². The van der Waals surface area contributed by atoms with Crippen LogP contribution in [0.2, 0.25) is 5.02 Å². The number of hydrogen-bond acceptors (Lipinski definition) is 2. The van der Waals surface area contributed by atoms with Gasteiger partial charge in [0.15, 0.2) is 0 Å². The van der Waals surface area contributed by atoms with Gasteiger partial charge in [0.1, 0.15) is 5.54 Å². The molecule has 0 aliphatic rings. The predicted molar refractivity (Wildman–Crippen MR) is 57.9 cm³/mol. The van der Waals surface area contributed by atoms with Gasteiger partial charge in [-0.3, -0.25) is 0 Å². The normalized spacial score (nSPS) is 13.9. The van der Waals surface area contributed by atoms with Crippen LogP contribution in [0.1, 0.15) is 12.5 Å². The van der Waals surface area contributed by atoms with Crippen LogP contribution >= 0.6 is 24.0 Å². The minimum atomic E-state index is -1.43. The second-order valence-corrected chi connectivity index (χ2v) is 3.39. The zero-order valence-electron chi connectivity index (χ0n) is 7.53. The molecule has 14 heavy (non-hydrogen) atoms. The van der Waals surface area contributed by atoms with Gasteiger partial charge in [-0.2, -0.15) is 0 Å². The molecule has 0 heterocycles. The lowest BCUT2D eigenvalue weighted by Crippen LogP contribution is -2.41. The Balaban J connectivity index is 0.00000169. The molecule has 0 saturated heterocycles. The predicted octanol–water partition coefficient (Wildman–Crippen LogP) is 2.02. The van der Waals surface area contributed by atoms with Crippen LogP contribution in [0, 0.1) is 0 Å². The molecule has 3 nitrogen and oxygen atoms in total. The van der Waals surface area contributed by atoms with E-state index in [-0.39, 0.29) is 12.4 Å². The highest BCUT2D eigenvalue weighted by Crippen LogP contribution is 2.25. The molecule has 0 aliphatic heterocycles. The molecule has 0 radical (unpaired) electrons. The SMILES string of the molecule is C[C@@](N)(C(=O)O)c1ccccc1Cl.Cl. The average molecular weight is 236 g/mol. The number of carboxylic acid groups (broad SMARTS) is 1. The average Bonchev–Trinajstić information content (AvgIpc) is 2.04. The van der Waals surface area contributed by atoms with Crippen molar-refractivity contribution in [1.82, 2.24) is 0 Å². The van der Waals surface area contributed by atoms with Gasteiger partial charge in [0.05, 0.1) is 0 Å². The molecule has 78 valence electrons. The fraction of sp³-hybridized carbons (Fsp3) is 0.222. The molecule has 0 bridgehead atoms. The molecule has 0 aliphatic carbocycles. The second kappa shape index (κ2) is 4.64. The van der Waals surface area contributed by atoms with Crippen molar-refractivity contribution in [3.05, 3.63) is 34.9 Å². The minimum absolute atomic E-state index is 0. The van der Waals surface area contributed by atoms with Crippen LogP contribution in [0.15, 0.2) is 24.3 Å². The van der Waals surface area contributed by atoms with Crippen LogP contribution in [0.4, 0.5) is 0 Å². The standard InChI is InChI=1S/C9H10ClNO2.ClH/c1-9(11,8(12)13)6-4-2-3-5-7(6)10;/h2-5H,11H2,1H3,(H,12,13);1H/t9-;/m0./s1. The van der Waals surface area contributed by atoms with Crippen LogP contribution < -0.4 is 5.73 Å². The van der Waals surface area contributed by atoms with Crippen molar-refractivity contribution in [2.24, 2.45) is 5.73 Å². The lowest BCUT2D eigenvalue weighted by Gasteiger charge is -2.20. The first kappa shape index (κ1) is 13.2. The molecule has 1 rings (SSSR count). The van der Waals surface area contributed by atoms with Crippen molar-refractivity contribution in [1.29, 1.82) is 0 Å². The number of carboxylic acids is 1. The highest BCUT2D eigenvalue weighted by atomic mass is 35.5. The molecular weight excluding hydrogens is 225 g/mol. The third-order valence-corrected chi connectivity index (χ3v) is 2.21. The van der Waals surface area contributed by atoms with E-state index in [0.717, 1.165) is 0 Å². The third kappa shape index (κ3) is 2.38. The lowest BCUT2D eigenvalue weighted by atomic mass is 9.93. The van der Waals surface area contributed by atoms with Crippen molar-refractivity contribution in [2.45, 2.75) is 12.5 Å². The Bertz CT molecular complexity index is 339. The summed E-state index contributed by atoms with van der Waals surface area (Å²) < 4.78 is 0. The van der Waals surface area contributed by atoms with Crippen LogP contribution in [0.3, 0.4) is 0 Å². The van der Waals surface area contributed by atoms with Gasteiger partial charge in [0.25, 0.3) is 0 Å². The van der Waals surface area contributed by atoms with Crippen LogP contribution in [-0.2, 0) is 10.3 Å². The summed E-state index contributed by atoms with van der Waals surface area (Å²) in [6.45, 7) is 1.41. The largest absolute Gasteiger partial charge is 0.480 e. The number of halogens is 2. The molecular formula is C9H11Cl2NO2. The molecule has 1 atom stereocenters. The Morgan fingerprint density at radius 3 is 2.43 bits per heavy atom. The summed E-state index contributed by atoms with van der Waals surface area (Å²) in [6, 6.07) is 6.65. The fourth-order valence-corrected chi connectivity index (χ4v) is 1.33. The zero-order valence-corrected chi connectivity index (χ0v) is 9.10. The second-order valence-electron chi connectivity index (χ2n) is 2.99. The van der Waals surface area contributed by atoms with E-state index in [1.165, 1.54) is 6.92 Å². The topological polar surface area (TPSA) is 63.3 Å². The summed E-state index contributed by atoms with van der Waals surface area (Å²) in [4.78, 5) is 10.8. The van der Waals surface area contributed by atoms with Crippen molar-refractivity contribution >= 4 is 30.0 Å². The number of rotatable bonds is 2. The molecule has 0 fully saturated rings. The van der Waals surface area contributed by atoms with Gasteiger partial charge >= 0.3 is 5.97 Å². The molecule has 0 aromatic heterocycles. The van der Waals surface area contributed by atoms with Crippen molar-refractivity contribution in [3.8, 4) is 0 Å². The van der Waals surface area contributed by atoms with Crippen LogP contribution in [0.5, 0.6) is 0 Å².